The van der Waals surface area contributed by atoms with Crippen molar-refractivity contribution in [3.05, 3.63) is 29.8 Å². The van der Waals surface area contributed by atoms with E-state index in [9.17, 15) is 13.2 Å². The van der Waals surface area contributed by atoms with Crippen LogP contribution in [0.15, 0.2) is 24.3 Å². The van der Waals surface area contributed by atoms with Crippen molar-refractivity contribution in [1.82, 2.24) is 0 Å². The summed E-state index contributed by atoms with van der Waals surface area (Å²) in [6.07, 6.45) is -4.64. The summed E-state index contributed by atoms with van der Waals surface area (Å²) in [4.78, 5) is 0. The number of hydrogen-bond donors (Lipinski definition) is 0. The molecule has 0 aliphatic carbocycles. The number of halogens is 3. The predicted octanol–water partition coefficient (Wildman–Crippen LogP) is 5.37. The summed E-state index contributed by atoms with van der Waals surface area (Å²) in [6, 6.07) is 6.20. The van der Waals surface area contributed by atoms with Gasteiger partial charge < -0.3 is 4.74 Å². The Hall–Kier alpha value is -1.19. The lowest BCUT2D eigenvalue weighted by Crippen LogP contribution is -2.23. The van der Waals surface area contributed by atoms with Gasteiger partial charge in [-0.05, 0) is 34.9 Å². The van der Waals surface area contributed by atoms with Crippen molar-refractivity contribution in [2.45, 2.75) is 46.9 Å². The van der Waals surface area contributed by atoms with Crippen LogP contribution in [-0.4, -0.2) is 6.36 Å². The number of alkyl halides is 3. The molecular weight excluding hydrogens is 253 g/mol. The zero-order valence-electron chi connectivity index (χ0n) is 12.0. The molecule has 1 nitrogen and oxygen atoms in total. The highest BCUT2D eigenvalue weighted by atomic mass is 19.4. The molecule has 1 atom stereocenters. The summed E-state index contributed by atoms with van der Waals surface area (Å²) in [6.45, 7) is 10.7. The van der Waals surface area contributed by atoms with E-state index >= 15 is 0 Å². The lowest BCUT2D eigenvalue weighted by atomic mass is 9.70. The maximum atomic E-state index is 12.1. The van der Waals surface area contributed by atoms with Gasteiger partial charge in [-0.1, -0.05) is 46.8 Å². The lowest BCUT2D eigenvalue weighted by Gasteiger charge is -2.34. The molecular formula is C15H21F3O. The van der Waals surface area contributed by atoms with Crippen LogP contribution >= 0.6 is 0 Å². The van der Waals surface area contributed by atoms with Crippen LogP contribution in [-0.2, 0) is 0 Å². The SMILES string of the molecule is CC(C)C(c1ccc(OC(F)(F)F)cc1)C(C)(C)C. The minimum absolute atomic E-state index is 0.0561. The number of ether oxygens (including phenoxy) is 1. The van der Waals surface area contributed by atoms with Gasteiger partial charge in [0.2, 0.25) is 0 Å². The molecule has 1 aromatic carbocycles. The zero-order valence-corrected chi connectivity index (χ0v) is 12.0. The van der Waals surface area contributed by atoms with Gasteiger partial charge in [0, 0.05) is 0 Å². The largest absolute Gasteiger partial charge is 0.573 e. The summed E-state index contributed by atoms with van der Waals surface area (Å²) < 4.78 is 40.2. The highest BCUT2D eigenvalue weighted by Crippen LogP contribution is 2.41. The lowest BCUT2D eigenvalue weighted by molar-refractivity contribution is -0.274. The molecule has 0 saturated heterocycles. The fraction of sp³-hybridized carbons (Fsp3) is 0.600. The summed E-state index contributed by atoms with van der Waals surface area (Å²) in [5, 5.41) is 0. The smallest absolute Gasteiger partial charge is 0.406 e. The van der Waals surface area contributed by atoms with Crippen LogP contribution in [0.1, 0.15) is 46.1 Å². The Morgan fingerprint density at radius 3 is 1.74 bits per heavy atom. The van der Waals surface area contributed by atoms with Crippen molar-refractivity contribution in [2.75, 3.05) is 0 Å². The topological polar surface area (TPSA) is 9.23 Å². The van der Waals surface area contributed by atoms with Crippen LogP contribution in [0.5, 0.6) is 5.75 Å². The van der Waals surface area contributed by atoms with Crippen molar-refractivity contribution < 1.29 is 17.9 Å². The molecule has 0 aromatic heterocycles. The van der Waals surface area contributed by atoms with Gasteiger partial charge in [0.25, 0.3) is 0 Å². The van der Waals surface area contributed by atoms with Crippen molar-refractivity contribution >= 4 is 0 Å². The summed E-state index contributed by atoms with van der Waals surface area (Å²) >= 11 is 0. The van der Waals surface area contributed by atoms with E-state index < -0.39 is 6.36 Å². The van der Waals surface area contributed by atoms with E-state index in [4.69, 9.17) is 0 Å². The molecule has 108 valence electrons. The van der Waals surface area contributed by atoms with Crippen molar-refractivity contribution in [3.63, 3.8) is 0 Å². The van der Waals surface area contributed by atoms with Crippen LogP contribution in [0.2, 0.25) is 0 Å². The highest BCUT2D eigenvalue weighted by Gasteiger charge is 2.32. The first kappa shape index (κ1) is 15.9. The third-order valence-corrected chi connectivity index (χ3v) is 3.07. The molecule has 0 N–H and O–H groups in total. The molecule has 19 heavy (non-hydrogen) atoms. The molecule has 0 saturated carbocycles. The van der Waals surface area contributed by atoms with Gasteiger partial charge in [0.15, 0.2) is 0 Å². The van der Waals surface area contributed by atoms with E-state index in [0.717, 1.165) is 5.56 Å². The van der Waals surface area contributed by atoms with Crippen LogP contribution in [0.4, 0.5) is 13.2 Å². The number of benzene rings is 1. The van der Waals surface area contributed by atoms with Crippen LogP contribution < -0.4 is 4.74 Å². The fourth-order valence-corrected chi connectivity index (χ4v) is 2.76. The highest BCUT2D eigenvalue weighted by molar-refractivity contribution is 5.30. The molecule has 1 unspecified atom stereocenters. The van der Waals surface area contributed by atoms with Gasteiger partial charge in [-0.25, -0.2) is 0 Å². The van der Waals surface area contributed by atoms with Gasteiger partial charge in [-0.3, -0.25) is 0 Å². The summed E-state index contributed by atoms with van der Waals surface area (Å²) in [5.74, 6) is 0.523. The maximum absolute atomic E-state index is 12.1. The second-order valence-electron chi connectivity index (χ2n) is 6.20. The molecule has 1 rings (SSSR count). The van der Waals surface area contributed by atoms with Gasteiger partial charge >= 0.3 is 6.36 Å². The van der Waals surface area contributed by atoms with E-state index in [1.165, 1.54) is 12.1 Å². The zero-order chi connectivity index (χ0) is 14.8. The first-order valence-electron chi connectivity index (χ1n) is 6.36. The molecule has 0 fully saturated rings. The van der Waals surface area contributed by atoms with Crippen molar-refractivity contribution in [1.29, 1.82) is 0 Å². The monoisotopic (exact) mass is 274 g/mol. The van der Waals surface area contributed by atoms with Crippen LogP contribution in [0.3, 0.4) is 0 Å². The standard InChI is InChI=1S/C15H21F3O/c1-10(2)13(14(3,4)5)11-6-8-12(9-7-11)19-15(16,17)18/h6-10,13H,1-5H3. The average Bonchev–Trinajstić information content (AvgIpc) is 2.15. The Balaban J connectivity index is 2.97. The van der Waals surface area contributed by atoms with E-state index in [1.807, 2.05) is 0 Å². The molecule has 0 spiro atoms. The van der Waals surface area contributed by atoms with Gasteiger partial charge in [-0.2, -0.15) is 0 Å². The first-order valence-corrected chi connectivity index (χ1v) is 6.36. The minimum atomic E-state index is -4.64. The quantitative estimate of drug-likeness (QED) is 0.720. The number of rotatable bonds is 3. The third kappa shape index (κ3) is 4.77. The molecule has 0 aliphatic rings. The Kier molecular flexibility index (Phi) is 4.54. The average molecular weight is 274 g/mol. The van der Waals surface area contributed by atoms with Crippen LogP contribution in [0.25, 0.3) is 0 Å². The van der Waals surface area contributed by atoms with Crippen molar-refractivity contribution in [3.8, 4) is 5.75 Å². The van der Waals surface area contributed by atoms with Gasteiger partial charge in [0.05, 0.1) is 0 Å². The molecule has 4 heteroatoms. The molecule has 0 bridgehead atoms. The fourth-order valence-electron chi connectivity index (χ4n) is 2.76. The Morgan fingerprint density at radius 1 is 0.947 bits per heavy atom. The third-order valence-electron chi connectivity index (χ3n) is 3.07. The second kappa shape index (κ2) is 5.43. The predicted molar refractivity (Wildman–Crippen MR) is 70.2 cm³/mol. The molecule has 0 aliphatic heterocycles. The van der Waals surface area contributed by atoms with E-state index in [1.54, 1.807) is 12.1 Å². The Bertz CT molecular complexity index is 399. The summed E-state index contributed by atoms with van der Waals surface area (Å²) in [7, 11) is 0. The molecule has 0 heterocycles. The normalized spacial score (nSPS) is 14.6. The molecule has 0 amide bonds. The Labute approximate surface area is 112 Å². The van der Waals surface area contributed by atoms with E-state index in [-0.39, 0.29) is 17.1 Å². The minimum Gasteiger partial charge on any atom is -0.406 e. The van der Waals surface area contributed by atoms with Crippen molar-refractivity contribution in [2.24, 2.45) is 11.3 Å². The second-order valence-corrected chi connectivity index (χ2v) is 6.20. The summed E-state index contributed by atoms with van der Waals surface area (Å²) in [5.41, 5.74) is 1.10. The maximum Gasteiger partial charge on any atom is 0.573 e. The number of hydrogen-bond acceptors (Lipinski definition) is 1. The van der Waals surface area contributed by atoms with Gasteiger partial charge in [-0.15, -0.1) is 13.2 Å². The van der Waals surface area contributed by atoms with Gasteiger partial charge in [0.1, 0.15) is 5.75 Å². The molecule has 1 aromatic rings. The van der Waals surface area contributed by atoms with E-state index in [2.05, 4.69) is 39.4 Å². The Morgan fingerprint density at radius 2 is 1.42 bits per heavy atom. The first-order chi connectivity index (χ1) is 8.50. The van der Waals surface area contributed by atoms with Crippen LogP contribution in [0, 0.1) is 11.3 Å². The molecule has 0 radical (unpaired) electrons. The van der Waals surface area contributed by atoms with E-state index in [0.29, 0.717) is 5.92 Å².